The summed E-state index contributed by atoms with van der Waals surface area (Å²) in [6.45, 7) is 1.45. The van der Waals surface area contributed by atoms with E-state index in [1.807, 2.05) is 0 Å². The molecule has 1 amide bonds. The number of benzene rings is 2. The van der Waals surface area contributed by atoms with Crippen LogP contribution >= 0.6 is 0 Å². The Bertz CT molecular complexity index is 902. The highest BCUT2D eigenvalue weighted by Gasteiger charge is 2.24. The zero-order valence-electron chi connectivity index (χ0n) is 15.2. The van der Waals surface area contributed by atoms with Crippen LogP contribution in [0.25, 0.3) is 6.08 Å². The number of carbonyl (C=O) groups is 2. The highest BCUT2D eigenvalue weighted by atomic mass is 16.7. The second kappa shape index (κ2) is 7.82. The summed E-state index contributed by atoms with van der Waals surface area (Å²) in [7, 11) is 3.05. The van der Waals surface area contributed by atoms with E-state index in [1.54, 1.807) is 43.5 Å². The largest absolute Gasteiger partial charge is 0.497 e. The summed E-state index contributed by atoms with van der Waals surface area (Å²) in [4.78, 5) is 24.0. The molecule has 0 radical (unpaired) electrons. The quantitative estimate of drug-likeness (QED) is 0.621. The van der Waals surface area contributed by atoms with E-state index in [0.29, 0.717) is 39.8 Å². The first-order valence-electron chi connectivity index (χ1n) is 8.18. The van der Waals surface area contributed by atoms with Gasteiger partial charge in [0.15, 0.2) is 17.3 Å². The molecule has 0 saturated heterocycles. The molecule has 0 saturated carbocycles. The Kier molecular flexibility index (Phi) is 5.30. The molecule has 1 N–H and O–H groups in total. The molecular formula is C20H19NO6. The van der Waals surface area contributed by atoms with Gasteiger partial charge in [0.1, 0.15) is 5.75 Å². The standard InChI is InChI=1S/C20H19NO6/c1-12(22)21-16-10-18-20(27-11-26-18)19(25-3)15(16)8-9-17(23)13-4-6-14(24-2)7-5-13/h4-10H,11H2,1-3H3,(H,21,22)/b9-8+. The van der Waals surface area contributed by atoms with Crippen LogP contribution in [0.2, 0.25) is 0 Å². The maximum atomic E-state index is 12.5. The highest BCUT2D eigenvalue weighted by Crippen LogP contribution is 2.47. The van der Waals surface area contributed by atoms with Gasteiger partial charge in [-0.2, -0.15) is 0 Å². The van der Waals surface area contributed by atoms with Crippen molar-refractivity contribution in [1.82, 2.24) is 0 Å². The van der Waals surface area contributed by atoms with Gasteiger partial charge >= 0.3 is 0 Å². The van der Waals surface area contributed by atoms with Crippen molar-refractivity contribution in [2.45, 2.75) is 6.92 Å². The molecule has 0 bridgehead atoms. The first-order chi connectivity index (χ1) is 13.0. The smallest absolute Gasteiger partial charge is 0.231 e. The van der Waals surface area contributed by atoms with Gasteiger partial charge in [-0.05, 0) is 36.4 Å². The van der Waals surface area contributed by atoms with Gasteiger partial charge in [0, 0.05) is 24.1 Å². The number of hydrogen-bond acceptors (Lipinski definition) is 6. The van der Waals surface area contributed by atoms with Crippen LogP contribution < -0.4 is 24.3 Å². The van der Waals surface area contributed by atoms with Crippen LogP contribution in [0.3, 0.4) is 0 Å². The van der Waals surface area contributed by atoms with Gasteiger partial charge in [0.05, 0.1) is 19.9 Å². The van der Waals surface area contributed by atoms with Crippen molar-refractivity contribution in [3.05, 3.63) is 47.5 Å². The molecule has 27 heavy (non-hydrogen) atoms. The van der Waals surface area contributed by atoms with Gasteiger partial charge < -0.3 is 24.3 Å². The van der Waals surface area contributed by atoms with E-state index in [9.17, 15) is 9.59 Å². The van der Waals surface area contributed by atoms with E-state index in [0.717, 1.165) is 0 Å². The summed E-state index contributed by atoms with van der Waals surface area (Å²) in [5, 5.41) is 2.72. The maximum Gasteiger partial charge on any atom is 0.231 e. The van der Waals surface area contributed by atoms with Crippen molar-refractivity contribution in [3.8, 4) is 23.0 Å². The minimum absolute atomic E-state index is 0.0587. The normalized spacial score (nSPS) is 12.1. The Hall–Kier alpha value is -3.48. The van der Waals surface area contributed by atoms with Gasteiger partial charge in [-0.25, -0.2) is 0 Å². The second-order valence-corrected chi connectivity index (χ2v) is 5.71. The summed E-state index contributed by atoms with van der Waals surface area (Å²) < 4.78 is 21.4. The summed E-state index contributed by atoms with van der Waals surface area (Å²) in [5.74, 6) is 1.49. The Labute approximate surface area is 156 Å². The van der Waals surface area contributed by atoms with E-state index in [1.165, 1.54) is 20.1 Å². The van der Waals surface area contributed by atoms with Crippen LogP contribution in [0.15, 0.2) is 36.4 Å². The van der Waals surface area contributed by atoms with Crippen LogP contribution in [-0.4, -0.2) is 32.7 Å². The van der Waals surface area contributed by atoms with Gasteiger partial charge in [-0.3, -0.25) is 9.59 Å². The monoisotopic (exact) mass is 369 g/mol. The molecule has 1 heterocycles. The third-order valence-electron chi connectivity index (χ3n) is 3.95. The summed E-state index contributed by atoms with van der Waals surface area (Å²) >= 11 is 0. The summed E-state index contributed by atoms with van der Waals surface area (Å²) in [6, 6.07) is 8.42. The van der Waals surface area contributed by atoms with E-state index in [-0.39, 0.29) is 18.5 Å². The van der Waals surface area contributed by atoms with E-state index in [4.69, 9.17) is 18.9 Å². The SMILES string of the molecule is COc1ccc(C(=O)/C=C/c2c(NC(C)=O)cc3c(c2OC)OCO3)cc1. The van der Waals surface area contributed by atoms with Crippen LogP contribution in [-0.2, 0) is 4.79 Å². The van der Waals surface area contributed by atoms with Crippen molar-refractivity contribution in [3.63, 3.8) is 0 Å². The first kappa shape index (κ1) is 18.3. The number of methoxy groups -OCH3 is 2. The van der Waals surface area contributed by atoms with Crippen molar-refractivity contribution in [2.24, 2.45) is 0 Å². The van der Waals surface area contributed by atoms with E-state index >= 15 is 0 Å². The highest BCUT2D eigenvalue weighted by molar-refractivity contribution is 6.08. The number of hydrogen-bond donors (Lipinski definition) is 1. The molecular weight excluding hydrogens is 350 g/mol. The fraction of sp³-hybridized carbons (Fsp3) is 0.200. The number of rotatable bonds is 6. The van der Waals surface area contributed by atoms with Crippen LogP contribution in [0.4, 0.5) is 5.69 Å². The van der Waals surface area contributed by atoms with Crippen molar-refractivity contribution in [1.29, 1.82) is 0 Å². The van der Waals surface area contributed by atoms with E-state index < -0.39 is 0 Å². The molecule has 1 aliphatic heterocycles. The number of ketones is 1. The van der Waals surface area contributed by atoms with Gasteiger partial charge in [-0.1, -0.05) is 0 Å². The van der Waals surface area contributed by atoms with Crippen molar-refractivity contribution in [2.75, 3.05) is 26.3 Å². The molecule has 0 aromatic heterocycles. The molecule has 2 aromatic rings. The molecule has 0 atom stereocenters. The van der Waals surface area contributed by atoms with Gasteiger partial charge in [0.2, 0.25) is 18.4 Å². The fourth-order valence-corrected chi connectivity index (χ4v) is 2.70. The molecule has 2 aromatic carbocycles. The average Bonchev–Trinajstić information content (AvgIpc) is 3.13. The molecule has 1 aliphatic rings. The molecule has 7 heteroatoms. The molecule has 0 aliphatic carbocycles. The fourth-order valence-electron chi connectivity index (χ4n) is 2.70. The number of anilines is 1. The number of nitrogens with one attached hydrogen (secondary N) is 1. The predicted octanol–water partition coefficient (Wildman–Crippen LogP) is 3.29. The number of ether oxygens (including phenoxy) is 4. The van der Waals surface area contributed by atoms with Gasteiger partial charge in [-0.15, -0.1) is 0 Å². The summed E-state index contributed by atoms with van der Waals surface area (Å²) in [6.07, 6.45) is 2.99. The predicted molar refractivity (Wildman–Crippen MR) is 99.8 cm³/mol. The number of fused-ring (bicyclic) bond motifs is 1. The minimum Gasteiger partial charge on any atom is -0.497 e. The third kappa shape index (κ3) is 3.87. The molecule has 7 nitrogen and oxygen atoms in total. The lowest BCUT2D eigenvalue weighted by Gasteiger charge is -2.14. The number of carbonyl (C=O) groups excluding carboxylic acids is 2. The molecule has 140 valence electrons. The van der Waals surface area contributed by atoms with E-state index in [2.05, 4.69) is 5.32 Å². The van der Waals surface area contributed by atoms with Crippen LogP contribution in [0.5, 0.6) is 23.0 Å². The van der Waals surface area contributed by atoms with Gasteiger partial charge in [0.25, 0.3) is 0 Å². The second-order valence-electron chi connectivity index (χ2n) is 5.71. The van der Waals surface area contributed by atoms with Crippen molar-refractivity contribution < 1.29 is 28.5 Å². The first-order valence-corrected chi connectivity index (χ1v) is 8.18. The zero-order valence-corrected chi connectivity index (χ0v) is 15.2. The van der Waals surface area contributed by atoms with Crippen LogP contribution in [0, 0.1) is 0 Å². The molecule has 3 rings (SSSR count). The Morgan fingerprint density at radius 2 is 1.85 bits per heavy atom. The zero-order chi connectivity index (χ0) is 19.4. The molecule has 0 fully saturated rings. The topological polar surface area (TPSA) is 83.1 Å². The number of allylic oxidation sites excluding steroid dienone is 1. The minimum atomic E-state index is -0.257. The molecule has 0 unspecified atom stereocenters. The molecule has 0 spiro atoms. The number of amides is 1. The lowest BCUT2D eigenvalue weighted by Crippen LogP contribution is -2.08. The lowest BCUT2D eigenvalue weighted by molar-refractivity contribution is -0.114. The Morgan fingerprint density at radius 3 is 2.48 bits per heavy atom. The third-order valence-corrected chi connectivity index (χ3v) is 3.95. The Balaban J connectivity index is 1.97. The van der Waals surface area contributed by atoms with Crippen LogP contribution in [0.1, 0.15) is 22.8 Å². The average molecular weight is 369 g/mol. The summed E-state index contributed by atoms with van der Waals surface area (Å²) in [5.41, 5.74) is 1.48. The lowest BCUT2D eigenvalue weighted by atomic mass is 10.1. The maximum absolute atomic E-state index is 12.5. The van der Waals surface area contributed by atoms with Crippen molar-refractivity contribution >= 4 is 23.5 Å². The Morgan fingerprint density at radius 1 is 1.11 bits per heavy atom.